The highest BCUT2D eigenvalue weighted by atomic mass is 35.5. The van der Waals surface area contributed by atoms with Gasteiger partial charge in [-0.15, -0.1) is 11.6 Å². The molecule has 0 spiro atoms. The van der Waals surface area contributed by atoms with E-state index < -0.39 is 0 Å². The number of halogens is 2. The molecule has 0 saturated carbocycles. The van der Waals surface area contributed by atoms with Crippen LogP contribution in [-0.2, 0) is 13.2 Å². The fourth-order valence-electron chi connectivity index (χ4n) is 2.00. The Hall–Kier alpha value is -1.99. The van der Waals surface area contributed by atoms with Gasteiger partial charge >= 0.3 is 0 Å². The van der Waals surface area contributed by atoms with E-state index in [2.05, 4.69) is 16.9 Å². The molecule has 0 aliphatic rings. The van der Waals surface area contributed by atoms with Crippen LogP contribution in [0.2, 0.25) is 0 Å². The maximum absolute atomic E-state index is 13.5. The molecule has 2 rings (SSSR count). The highest BCUT2D eigenvalue weighted by Crippen LogP contribution is 2.18. The average Bonchev–Trinajstić information content (AvgIpc) is 2.82. The molecule has 0 fully saturated rings. The summed E-state index contributed by atoms with van der Waals surface area (Å²) in [5.74, 6) is 5.74. The number of rotatable bonds is 4. The van der Waals surface area contributed by atoms with Crippen molar-refractivity contribution in [2.45, 2.75) is 27.0 Å². The van der Waals surface area contributed by atoms with Gasteiger partial charge in [-0.2, -0.15) is 5.10 Å². The minimum Gasteiger partial charge on any atom is -0.487 e. The summed E-state index contributed by atoms with van der Waals surface area (Å²) in [4.78, 5) is 0. The molecule has 3 nitrogen and oxygen atoms in total. The lowest BCUT2D eigenvalue weighted by Crippen LogP contribution is -2.06. The van der Waals surface area contributed by atoms with E-state index in [9.17, 15) is 4.39 Å². The Morgan fingerprint density at radius 2 is 2.14 bits per heavy atom. The van der Waals surface area contributed by atoms with E-state index in [0.717, 1.165) is 17.9 Å². The van der Waals surface area contributed by atoms with Crippen LogP contribution >= 0.6 is 11.6 Å². The molecule has 5 heteroatoms. The van der Waals surface area contributed by atoms with Crippen molar-refractivity contribution in [1.29, 1.82) is 0 Å². The number of alkyl halides is 1. The first-order chi connectivity index (χ1) is 10.1. The minimum absolute atomic E-state index is 0.210. The molecule has 1 heterocycles. The zero-order chi connectivity index (χ0) is 15.2. The van der Waals surface area contributed by atoms with E-state index >= 15 is 0 Å². The molecule has 0 amide bonds. The van der Waals surface area contributed by atoms with Gasteiger partial charge in [0.25, 0.3) is 0 Å². The third-order valence-electron chi connectivity index (χ3n) is 2.84. The van der Waals surface area contributed by atoms with Crippen LogP contribution in [0, 0.1) is 24.6 Å². The van der Waals surface area contributed by atoms with Crippen LogP contribution in [0.3, 0.4) is 0 Å². The molecule has 0 unspecified atom stereocenters. The van der Waals surface area contributed by atoms with Gasteiger partial charge in [0.05, 0.1) is 17.3 Å². The predicted octanol–water partition coefficient (Wildman–Crippen LogP) is 3.52. The summed E-state index contributed by atoms with van der Waals surface area (Å²) >= 11 is 5.50. The molecule has 21 heavy (non-hydrogen) atoms. The van der Waals surface area contributed by atoms with Gasteiger partial charge in [-0.25, -0.2) is 4.39 Å². The minimum atomic E-state index is -0.383. The topological polar surface area (TPSA) is 27.1 Å². The van der Waals surface area contributed by atoms with Crippen LogP contribution in [-0.4, -0.2) is 15.7 Å². The monoisotopic (exact) mass is 306 g/mol. The molecule has 2 aromatic rings. The second kappa shape index (κ2) is 7.14. The van der Waals surface area contributed by atoms with Gasteiger partial charge in [-0.1, -0.05) is 11.8 Å². The molecule has 0 atom stereocenters. The molecule has 0 aliphatic carbocycles. The van der Waals surface area contributed by atoms with E-state index in [1.54, 1.807) is 6.07 Å². The number of aryl methyl sites for hydroxylation is 2. The van der Waals surface area contributed by atoms with Crippen molar-refractivity contribution in [3.63, 3.8) is 0 Å². The average molecular weight is 307 g/mol. The van der Waals surface area contributed by atoms with E-state index in [4.69, 9.17) is 16.3 Å². The summed E-state index contributed by atoms with van der Waals surface area (Å²) in [5, 5.41) is 4.34. The molecule has 0 N–H and O–H groups in total. The van der Waals surface area contributed by atoms with Crippen LogP contribution in [0.4, 0.5) is 4.39 Å². The largest absolute Gasteiger partial charge is 0.487 e. The molecule has 0 saturated heterocycles. The first-order valence-electron chi connectivity index (χ1n) is 6.64. The standard InChI is InChI=1S/C16H16ClFN2O/c1-3-20-15(7-12(2)19-20)11-21-16-9-13(5-4-6-17)8-14(18)10-16/h7-10H,3,6,11H2,1-2H3. The number of nitrogens with zero attached hydrogens (tertiary/aromatic N) is 2. The maximum Gasteiger partial charge on any atom is 0.130 e. The highest BCUT2D eigenvalue weighted by Gasteiger charge is 2.06. The number of hydrogen-bond donors (Lipinski definition) is 0. The molecule has 0 bridgehead atoms. The Kier molecular flexibility index (Phi) is 5.24. The Labute approximate surface area is 128 Å². The first-order valence-corrected chi connectivity index (χ1v) is 7.17. The molecular weight excluding hydrogens is 291 g/mol. The second-order valence-electron chi connectivity index (χ2n) is 4.49. The summed E-state index contributed by atoms with van der Waals surface area (Å²) in [7, 11) is 0. The van der Waals surface area contributed by atoms with Crippen molar-refractivity contribution in [1.82, 2.24) is 9.78 Å². The van der Waals surface area contributed by atoms with Crippen molar-refractivity contribution >= 4 is 11.6 Å². The lowest BCUT2D eigenvalue weighted by atomic mass is 10.2. The van der Waals surface area contributed by atoms with Crippen LogP contribution in [0.1, 0.15) is 23.9 Å². The van der Waals surface area contributed by atoms with Gasteiger partial charge in [-0.05, 0) is 32.0 Å². The van der Waals surface area contributed by atoms with E-state index in [0.29, 0.717) is 17.9 Å². The fraction of sp³-hybridized carbons (Fsp3) is 0.312. The van der Waals surface area contributed by atoms with Gasteiger partial charge in [0.15, 0.2) is 0 Å². The van der Waals surface area contributed by atoms with Crippen molar-refractivity contribution in [2.75, 3.05) is 5.88 Å². The molecule has 110 valence electrons. The van der Waals surface area contributed by atoms with Crippen molar-refractivity contribution in [2.24, 2.45) is 0 Å². The van der Waals surface area contributed by atoms with Crippen LogP contribution in [0.15, 0.2) is 24.3 Å². The van der Waals surface area contributed by atoms with E-state index in [1.165, 1.54) is 12.1 Å². The smallest absolute Gasteiger partial charge is 0.130 e. The van der Waals surface area contributed by atoms with Gasteiger partial charge in [0, 0.05) is 18.2 Å². The molecule has 1 aromatic heterocycles. The third kappa shape index (κ3) is 4.24. The summed E-state index contributed by atoms with van der Waals surface area (Å²) in [6.07, 6.45) is 0. The predicted molar refractivity (Wildman–Crippen MR) is 81.0 cm³/mol. The highest BCUT2D eigenvalue weighted by molar-refractivity contribution is 6.19. The van der Waals surface area contributed by atoms with E-state index in [1.807, 2.05) is 24.6 Å². The van der Waals surface area contributed by atoms with Crippen LogP contribution < -0.4 is 4.74 Å². The lowest BCUT2D eigenvalue weighted by Gasteiger charge is -2.08. The Morgan fingerprint density at radius 3 is 2.86 bits per heavy atom. The molecule has 0 aliphatic heterocycles. The quantitative estimate of drug-likeness (QED) is 0.638. The Balaban J connectivity index is 2.14. The van der Waals surface area contributed by atoms with Gasteiger partial charge in [0.2, 0.25) is 0 Å². The summed E-state index contributed by atoms with van der Waals surface area (Å²) < 4.78 is 21.0. The number of aromatic nitrogens is 2. The maximum atomic E-state index is 13.5. The molecular formula is C16H16ClFN2O. The lowest BCUT2D eigenvalue weighted by molar-refractivity contribution is 0.291. The summed E-state index contributed by atoms with van der Waals surface area (Å²) in [6.45, 7) is 5.04. The van der Waals surface area contributed by atoms with Crippen LogP contribution in [0.5, 0.6) is 5.75 Å². The molecule has 1 aromatic carbocycles. The van der Waals surface area contributed by atoms with Crippen LogP contribution in [0.25, 0.3) is 0 Å². The SMILES string of the molecule is CCn1nc(C)cc1COc1cc(F)cc(C#CCCl)c1. The van der Waals surface area contributed by atoms with Crippen molar-refractivity contribution < 1.29 is 9.13 Å². The second-order valence-corrected chi connectivity index (χ2v) is 4.76. The third-order valence-corrected chi connectivity index (χ3v) is 2.98. The summed E-state index contributed by atoms with van der Waals surface area (Å²) in [6, 6.07) is 6.34. The van der Waals surface area contributed by atoms with Crippen molar-refractivity contribution in [3.05, 3.63) is 47.0 Å². The Morgan fingerprint density at radius 1 is 1.33 bits per heavy atom. The normalized spacial score (nSPS) is 10.1. The number of ether oxygens (including phenoxy) is 1. The fourth-order valence-corrected chi connectivity index (χ4v) is 2.07. The zero-order valence-corrected chi connectivity index (χ0v) is 12.7. The van der Waals surface area contributed by atoms with Gasteiger partial charge in [0.1, 0.15) is 18.2 Å². The van der Waals surface area contributed by atoms with Gasteiger partial charge < -0.3 is 4.74 Å². The summed E-state index contributed by atoms with van der Waals surface area (Å²) in [5.41, 5.74) is 2.43. The van der Waals surface area contributed by atoms with Crippen molar-refractivity contribution in [3.8, 4) is 17.6 Å². The van der Waals surface area contributed by atoms with E-state index in [-0.39, 0.29) is 11.7 Å². The number of benzene rings is 1. The van der Waals surface area contributed by atoms with Gasteiger partial charge in [-0.3, -0.25) is 4.68 Å². The molecule has 0 radical (unpaired) electrons. The Bertz CT molecular complexity index is 685. The number of hydrogen-bond acceptors (Lipinski definition) is 2. The zero-order valence-electron chi connectivity index (χ0n) is 12.0. The first kappa shape index (κ1) is 15.4.